The first-order valence-corrected chi connectivity index (χ1v) is 18.7. The smallest absolute Gasteiger partial charge is 0.457 e. The van der Waals surface area contributed by atoms with Crippen molar-refractivity contribution in [3.8, 4) is 28.4 Å². The van der Waals surface area contributed by atoms with Crippen LogP contribution in [0.2, 0.25) is 0 Å². The number of nitrogens with zero attached hydrogens (tertiary/aromatic N) is 5. The lowest BCUT2D eigenvalue weighted by molar-refractivity contribution is 0.483. The van der Waals surface area contributed by atoms with Crippen LogP contribution in [-0.4, -0.2) is 20.5 Å². The normalized spacial score (nSPS) is 14.9. The summed E-state index contributed by atoms with van der Waals surface area (Å²) < 4.78 is 72.2. The van der Waals surface area contributed by atoms with Crippen LogP contribution in [0.25, 0.3) is 38.8 Å². The summed E-state index contributed by atoms with van der Waals surface area (Å²) in [6.07, 6.45) is 5.52. The Kier molecular flexibility index (Phi) is 6.62. The summed E-state index contributed by atoms with van der Waals surface area (Å²) in [5, 5.41) is 2.10. The molecule has 56 heavy (non-hydrogen) atoms. The summed E-state index contributed by atoms with van der Waals surface area (Å²) in [5.41, 5.74) is 6.15. The average molecular weight is 739 g/mol. The first-order valence-electron chi connectivity index (χ1n) is 22.2. The molecular formula is C50H45N5O+2. The fraction of sp³-hybridized carbons (Fsp3) is 0.180. The van der Waals surface area contributed by atoms with E-state index < -0.39 is 42.0 Å². The van der Waals surface area contributed by atoms with Gasteiger partial charge in [-0.05, 0) is 80.4 Å². The third kappa shape index (κ3) is 6.18. The van der Waals surface area contributed by atoms with Crippen molar-refractivity contribution >= 4 is 50.6 Å². The standard InChI is InChI=1S/C50H45N5O/c1-33-18-20-34(21-19-33)39-14-11-15-42(50(5,6)7)48(39)54-32-53(43-16-8-9-17-44(43)54)36-12-10-13-37(29-36)56-38-22-23-40-41-25-26-51-31-46(41)55(45(40)30-38)47-28-35(24-27-52-47)49(2,3)4/h8-31H,1-7H3/q+2/i1D3,18D,19D,20D,21D. The van der Waals surface area contributed by atoms with Crippen LogP contribution in [-0.2, 0) is 10.8 Å². The minimum absolute atomic E-state index is 0.0113. The van der Waals surface area contributed by atoms with Crippen molar-refractivity contribution in [3.63, 3.8) is 0 Å². The van der Waals surface area contributed by atoms with E-state index >= 15 is 0 Å². The molecule has 8 aromatic rings. The second-order valence-electron chi connectivity index (χ2n) is 16.1. The minimum Gasteiger partial charge on any atom is -0.457 e. The molecule has 0 unspecified atom stereocenters. The highest BCUT2D eigenvalue weighted by atomic mass is 16.5. The molecule has 0 atom stereocenters. The van der Waals surface area contributed by atoms with Gasteiger partial charge in [-0.2, -0.15) is 0 Å². The van der Waals surface area contributed by atoms with Gasteiger partial charge in [-0.25, -0.2) is 4.98 Å². The van der Waals surface area contributed by atoms with Crippen molar-refractivity contribution in [2.75, 3.05) is 0 Å². The number of fused-ring (bicyclic) bond motifs is 4. The zero-order chi connectivity index (χ0) is 44.7. The van der Waals surface area contributed by atoms with E-state index in [9.17, 15) is 0 Å². The van der Waals surface area contributed by atoms with E-state index in [4.69, 9.17) is 19.3 Å². The minimum atomic E-state index is -2.83. The molecule has 1 aliphatic rings. The SMILES string of the molecule is [2H]c1c([2H])c(C([2H])([2H])[2H])c([2H])c([2H])c1-c1cccc(C(C)(C)C)c1[N+]1=C=[N+](c2cccc(Oc3ccc4c5ccncc5n(-c5cc(C(C)(C)C)ccn5)c4c3)c2)c2ccccc21. The summed E-state index contributed by atoms with van der Waals surface area (Å²) in [6, 6.07) is 34.9. The van der Waals surface area contributed by atoms with E-state index in [-0.39, 0.29) is 11.0 Å². The molecule has 0 bridgehead atoms. The number of aromatic nitrogens is 3. The van der Waals surface area contributed by atoms with Gasteiger partial charge in [-0.1, -0.05) is 102 Å². The number of hydrogen-bond donors (Lipinski definition) is 0. The molecule has 4 heterocycles. The van der Waals surface area contributed by atoms with Gasteiger partial charge in [-0.3, -0.25) is 9.55 Å². The van der Waals surface area contributed by atoms with Crippen LogP contribution in [0.5, 0.6) is 11.5 Å². The zero-order valence-corrected chi connectivity index (χ0v) is 32.2. The molecule has 0 spiro atoms. The highest BCUT2D eigenvalue weighted by molar-refractivity contribution is 6.09. The summed E-state index contributed by atoms with van der Waals surface area (Å²) >= 11 is 0. The molecule has 0 fully saturated rings. The predicted octanol–water partition coefficient (Wildman–Crippen LogP) is 12.8. The van der Waals surface area contributed by atoms with Crippen LogP contribution < -0.4 is 13.9 Å². The number of benzene rings is 5. The third-order valence-electron chi connectivity index (χ3n) is 10.2. The van der Waals surface area contributed by atoms with E-state index in [1.54, 1.807) is 12.3 Å². The molecule has 0 radical (unpaired) electrons. The highest BCUT2D eigenvalue weighted by Crippen LogP contribution is 2.45. The Morgan fingerprint density at radius 3 is 2.21 bits per heavy atom. The maximum absolute atomic E-state index is 9.07. The largest absolute Gasteiger partial charge is 0.503 e. The van der Waals surface area contributed by atoms with Crippen molar-refractivity contribution in [2.24, 2.45) is 0 Å². The van der Waals surface area contributed by atoms with Crippen molar-refractivity contribution in [3.05, 3.63) is 163 Å². The molecule has 0 aliphatic carbocycles. The van der Waals surface area contributed by atoms with Gasteiger partial charge >= 0.3 is 6.01 Å². The van der Waals surface area contributed by atoms with Crippen molar-refractivity contribution in [1.82, 2.24) is 23.7 Å². The number of para-hydroxylation sites is 3. The molecule has 0 N–H and O–H groups in total. The van der Waals surface area contributed by atoms with Crippen LogP contribution in [0.1, 0.15) is 67.8 Å². The summed E-state index contributed by atoms with van der Waals surface area (Å²) in [4.78, 5) is 9.27. The van der Waals surface area contributed by atoms with Crippen LogP contribution in [0.4, 0.5) is 22.7 Å². The molecule has 0 saturated heterocycles. The van der Waals surface area contributed by atoms with Crippen LogP contribution in [0.3, 0.4) is 0 Å². The highest BCUT2D eigenvalue weighted by Gasteiger charge is 2.40. The first kappa shape index (κ1) is 27.9. The molecule has 9 rings (SSSR count). The second kappa shape index (κ2) is 13.3. The average Bonchev–Trinajstić information content (AvgIpc) is 3.78. The number of rotatable bonds is 6. The Labute approximate surface area is 338 Å². The number of ether oxygens (including phenoxy) is 1. The van der Waals surface area contributed by atoms with E-state index in [2.05, 4.69) is 75.3 Å². The molecule has 6 nitrogen and oxygen atoms in total. The van der Waals surface area contributed by atoms with Crippen LogP contribution in [0.15, 0.2) is 146 Å². The molecule has 1 aliphatic heterocycles. The van der Waals surface area contributed by atoms with E-state index in [1.165, 1.54) is 5.56 Å². The Hall–Kier alpha value is -6.62. The molecule has 0 amide bonds. The molecule has 5 aromatic carbocycles. The molecular weight excluding hydrogens is 687 g/mol. The lowest BCUT2D eigenvalue weighted by atomic mass is 9.83. The Morgan fingerprint density at radius 1 is 0.696 bits per heavy atom. The van der Waals surface area contributed by atoms with Gasteiger partial charge < -0.3 is 4.74 Å². The topological polar surface area (TPSA) is 46.0 Å². The fourth-order valence-corrected chi connectivity index (χ4v) is 7.44. The fourth-order valence-electron chi connectivity index (χ4n) is 7.44. The molecule has 3 aromatic heterocycles. The van der Waals surface area contributed by atoms with E-state index in [0.29, 0.717) is 22.7 Å². The summed E-state index contributed by atoms with van der Waals surface area (Å²) in [6.45, 7) is 9.92. The van der Waals surface area contributed by atoms with Crippen molar-refractivity contribution < 1.29 is 14.3 Å². The molecule has 6 heteroatoms. The van der Waals surface area contributed by atoms with Gasteiger partial charge in [-0.15, -0.1) is 0 Å². The second-order valence-corrected chi connectivity index (χ2v) is 16.1. The maximum atomic E-state index is 9.07. The molecule has 0 saturated carbocycles. The Morgan fingerprint density at radius 2 is 1.45 bits per heavy atom. The Bertz CT molecular complexity index is 3230. The predicted molar refractivity (Wildman–Crippen MR) is 231 cm³/mol. The maximum Gasteiger partial charge on any atom is 0.503 e. The first-order chi connectivity index (χ1) is 29.8. The van der Waals surface area contributed by atoms with E-state index in [0.717, 1.165) is 50.2 Å². The van der Waals surface area contributed by atoms with Crippen LogP contribution in [0, 0.1) is 6.85 Å². The van der Waals surface area contributed by atoms with Gasteiger partial charge in [0.2, 0.25) is 11.4 Å². The summed E-state index contributed by atoms with van der Waals surface area (Å²) in [5.74, 6) is 2.02. The molecule has 274 valence electrons. The van der Waals surface area contributed by atoms with Crippen LogP contribution >= 0.6 is 0 Å². The lowest BCUT2D eigenvalue weighted by Gasteiger charge is -2.21. The number of pyridine rings is 2. The monoisotopic (exact) mass is 738 g/mol. The van der Waals surface area contributed by atoms with Gasteiger partial charge in [0.25, 0.3) is 11.4 Å². The van der Waals surface area contributed by atoms with Crippen molar-refractivity contribution in [2.45, 2.75) is 59.2 Å². The third-order valence-corrected chi connectivity index (χ3v) is 10.2. The lowest BCUT2D eigenvalue weighted by Crippen LogP contribution is -2.16. The zero-order valence-electron chi connectivity index (χ0n) is 39.2. The quantitative estimate of drug-likeness (QED) is 0.160. The van der Waals surface area contributed by atoms with Gasteiger partial charge in [0.1, 0.15) is 17.3 Å². The van der Waals surface area contributed by atoms with Crippen molar-refractivity contribution in [1.29, 1.82) is 0 Å². The van der Waals surface area contributed by atoms with Gasteiger partial charge in [0.05, 0.1) is 34.3 Å². The van der Waals surface area contributed by atoms with Gasteiger partial charge in [0.15, 0.2) is 0 Å². The van der Waals surface area contributed by atoms with E-state index in [1.807, 2.05) is 100 Å². The van der Waals surface area contributed by atoms with Gasteiger partial charge in [0, 0.05) is 57.1 Å². The Balaban J connectivity index is 1.19. The summed E-state index contributed by atoms with van der Waals surface area (Å²) in [7, 11) is 0. The number of hydrogen-bond acceptors (Lipinski definition) is 3.